The molecule has 0 atom stereocenters. The zero-order valence-corrected chi connectivity index (χ0v) is 42.9. The van der Waals surface area contributed by atoms with Gasteiger partial charge in [0, 0.05) is 0 Å². The molecular formula is C57H93B. The summed E-state index contributed by atoms with van der Waals surface area (Å²) in [5.74, 6) is 0. The van der Waals surface area contributed by atoms with Gasteiger partial charge in [-0.2, -0.15) is 0 Å². The van der Waals surface area contributed by atoms with Crippen molar-refractivity contribution >= 4 is 12.2 Å². The third kappa shape index (κ3) is 19.2. The number of rotatable bonds is 4. The summed E-state index contributed by atoms with van der Waals surface area (Å²) in [6, 6.07) is 26.3. The van der Waals surface area contributed by atoms with Gasteiger partial charge in [-0.1, -0.05) is 227 Å². The quantitative estimate of drug-likeness (QED) is 0.143. The lowest BCUT2D eigenvalue weighted by atomic mass is 9.42. The van der Waals surface area contributed by atoms with Crippen LogP contribution in [0.1, 0.15) is 185 Å². The van der Waals surface area contributed by atoms with Crippen molar-refractivity contribution in [2.45, 2.75) is 207 Å². The Bertz CT molecular complexity index is 1690. The van der Waals surface area contributed by atoms with Crippen molar-refractivity contribution < 1.29 is 0 Å². The van der Waals surface area contributed by atoms with E-state index in [4.69, 9.17) is 0 Å². The topological polar surface area (TPSA) is 0 Å². The average Bonchev–Trinajstić information content (AvgIpc) is 3.11. The highest BCUT2D eigenvalue weighted by Crippen LogP contribution is 2.29. The second-order valence-corrected chi connectivity index (χ2v) is 20.1. The summed E-state index contributed by atoms with van der Waals surface area (Å²) < 4.78 is 0. The van der Waals surface area contributed by atoms with E-state index in [-0.39, 0.29) is 21.7 Å². The van der Waals surface area contributed by atoms with Crippen LogP contribution in [0.15, 0.2) is 85.5 Å². The second-order valence-electron chi connectivity index (χ2n) is 20.1. The van der Waals surface area contributed by atoms with E-state index in [0.29, 0.717) is 6.71 Å². The minimum absolute atomic E-state index is 0.237. The lowest BCUT2D eigenvalue weighted by Crippen LogP contribution is -2.36. The Morgan fingerprint density at radius 1 is 0.466 bits per heavy atom. The van der Waals surface area contributed by atoms with Gasteiger partial charge in [0.2, 0.25) is 0 Å². The Morgan fingerprint density at radius 2 is 0.759 bits per heavy atom. The van der Waals surface area contributed by atoms with Crippen LogP contribution >= 0.6 is 0 Å². The molecule has 0 radical (unpaired) electrons. The van der Waals surface area contributed by atoms with Crippen LogP contribution in [-0.2, 0) is 28.1 Å². The molecule has 4 rings (SSSR count). The van der Waals surface area contributed by atoms with E-state index in [2.05, 4.69) is 232 Å². The molecule has 324 valence electrons. The molecule has 0 bridgehead atoms. The molecule has 4 aromatic rings. The van der Waals surface area contributed by atoms with Gasteiger partial charge in [-0.05, 0) is 125 Å². The smallest absolute Gasteiger partial charge is 0.103 e. The van der Waals surface area contributed by atoms with Crippen LogP contribution < -0.4 is 5.46 Å². The van der Waals surface area contributed by atoms with Gasteiger partial charge in [-0.3, -0.25) is 0 Å². The largest absolute Gasteiger partial charge is 0.173 e. The summed E-state index contributed by atoms with van der Waals surface area (Å²) in [4.78, 5) is 0. The molecule has 0 saturated carbocycles. The van der Waals surface area contributed by atoms with Gasteiger partial charge in [0.05, 0.1) is 0 Å². The maximum absolute atomic E-state index is 3.79. The summed E-state index contributed by atoms with van der Waals surface area (Å²) in [5.41, 5.74) is 18.4. The molecule has 4 aromatic carbocycles. The van der Waals surface area contributed by atoms with Crippen LogP contribution in [0, 0.1) is 41.5 Å². The number of hydrogen-bond donors (Lipinski definition) is 0. The van der Waals surface area contributed by atoms with Gasteiger partial charge in [0.1, 0.15) is 0 Å². The van der Waals surface area contributed by atoms with Crippen molar-refractivity contribution in [1.82, 2.24) is 0 Å². The first-order chi connectivity index (χ1) is 26.6. The van der Waals surface area contributed by atoms with E-state index in [1.807, 2.05) is 19.9 Å². The summed E-state index contributed by atoms with van der Waals surface area (Å²) in [7, 11) is 0. The van der Waals surface area contributed by atoms with Crippen molar-refractivity contribution in [3.05, 3.63) is 147 Å². The maximum Gasteiger partial charge on any atom is 0.173 e. The highest BCUT2D eigenvalue weighted by molar-refractivity contribution is 6.72. The van der Waals surface area contributed by atoms with Gasteiger partial charge in [0.25, 0.3) is 0 Å². The van der Waals surface area contributed by atoms with E-state index in [9.17, 15) is 0 Å². The fraction of sp³-hybridized carbons (Fsp3) is 0.544. The Kier molecular flexibility index (Phi) is 25.5. The Labute approximate surface area is 364 Å². The lowest BCUT2D eigenvalue weighted by molar-refractivity contribution is 0.585. The summed E-state index contributed by atoms with van der Waals surface area (Å²) >= 11 is 0. The predicted octanol–water partition coefficient (Wildman–Crippen LogP) is 17.3. The van der Waals surface area contributed by atoms with E-state index in [1.54, 1.807) is 5.46 Å². The van der Waals surface area contributed by atoms with Crippen molar-refractivity contribution in [3.63, 3.8) is 0 Å². The fourth-order valence-corrected chi connectivity index (χ4v) is 7.19. The molecule has 0 saturated heterocycles. The third-order valence-corrected chi connectivity index (χ3v) is 10.7. The molecule has 0 unspecified atom stereocenters. The van der Waals surface area contributed by atoms with E-state index < -0.39 is 0 Å². The van der Waals surface area contributed by atoms with Gasteiger partial charge >= 0.3 is 0 Å². The molecular weight excluding hydrogens is 695 g/mol. The third-order valence-electron chi connectivity index (χ3n) is 10.7. The number of aryl methyl sites for hydroxylation is 3. The molecule has 0 N–H and O–H groups in total. The zero-order chi connectivity index (χ0) is 45.8. The van der Waals surface area contributed by atoms with Crippen LogP contribution in [0.5, 0.6) is 0 Å². The minimum Gasteiger partial charge on any atom is -0.103 e. The van der Waals surface area contributed by atoms with E-state index in [0.717, 1.165) is 6.42 Å². The van der Waals surface area contributed by atoms with E-state index >= 15 is 0 Å². The first-order valence-electron chi connectivity index (χ1n) is 22.5. The SMILES string of the molecule is C=CCc1cccc(C(C)(C)C)c1C.CC.CCB(C)c1c(C)cccc1C(C)(C)C.CCC.Cc1cccc(C(C)(C)C)c1C.Cc1cccc(C(C)(C)C)c1C. The molecule has 0 aliphatic carbocycles. The average molecular weight is 789 g/mol. The molecule has 0 aliphatic heterocycles. The van der Waals surface area contributed by atoms with Crippen molar-refractivity contribution in [2.24, 2.45) is 0 Å². The van der Waals surface area contributed by atoms with E-state index in [1.165, 1.54) is 73.9 Å². The van der Waals surface area contributed by atoms with Crippen LogP contribution in [-0.4, -0.2) is 6.71 Å². The standard InChI is InChI=1S/C14H23B.C14H20.2C12H18.C3H8.C2H6/c1-7-15(6)13-11(2)9-8-10-12(13)14(3,4)5;1-6-8-12-9-7-10-13(11(12)2)14(3,4)5;2*1-9-7-6-8-11(10(9)2)12(3,4)5;1-3-2;1-2/h8-10H,7H2,1-6H3;6-7,9-10H,1,8H2,2-5H3;2*6-8H,1-5H3;3H2,1-2H3;1-2H3. The second kappa shape index (κ2) is 26.0. The highest BCUT2D eigenvalue weighted by Gasteiger charge is 2.23. The van der Waals surface area contributed by atoms with Crippen molar-refractivity contribution in [3.8, 4) is 0 Å². The van der Waals surface area contributed by atoms with Gasteiger partial charge in [-0.15, -0.1) is 6.58 Å². The number of benzene rings is 4. The summed E-state index contributed by atoms with van der Waals surface area (Å²) in [6.07, 6.45) is 5.40. The molecule has 1 heteroatoms. The summed E-state index contributed by atoms with van der Waals surface area (Å²) in [6.45, 7) is 57.7. The van der Waals surface area contributed by atoms with Crippen LogP contribution in [0.3, 0.4) is 0 Å². The Hall–Kier alpha value is -3.32. The zero-order valence-electron chi connectivity index (χ0n) is 42.9. The Balaban J connectivity index is 0. The minimum atomic E-state index is 0.237. The molecule has 0 heterocycles. The monoisotopic (exact) mass is 789 g/mol. The molecule has 0 fully saturated rings. The van der Waals surface area contributed by atoms with Crippen molar-refractivity contribution in [2.75, 3.05) is 0 Å². The Morgan fingerprint density at radius 3 is 1.05 bits per heavy atom. The molecule has 0 aliphatic rings. The predicted molar refractivity (Wildman–Crippen MR) is 272 cm³/mol. The molecule has 0 amide bonds. The van der Waals surface area contributed by atoms with Gasteiger partial charge in [-0.25, -0.2) is 0 Å². The highest BCUT2D eigenvalue weighted by atomic mass is 14.2. The fourth-order valence-electron chi connectivity index (χ4n) is 7.19. The van der Waals surface area contributed by atoms with Crippen LogP contribution in [0.4, 0.5) is 0 Å². The van der Waals surface area contributed by atoms with Crippen LogP contribution in [0.2, 0.25) is 13.1 Å². The normalized spacial score (nSPS) is 11.0. The molecule has 0 aromatic heterocycles. The summed E-state index contributed by atoms with van der Waals surface area (Å²) in [5, 5.41) is 0. The molecule has 0 nitrogen and oxygen atoms in total. The first-order valence-corrected chi connectivity index (χ1v) is 22.5. The number of hydrogen-bond acceptors (Lipinski definition) is 0. The molecule has 0 spiro atoms. The van der Waals surface area contributed by atoms with Crippen LogP contribution in [0.25, 0.3) is 0 Å². The molecule has 58 heavy (non-hydrogen) atoms. The van der Waals surface area contributed by atoms with Gasteiger partial charge in [0.15, 0.2) is 6.71 Å². The lowest BCUT2D eigenvalue weighted by Gasteiger charge is -2.26. The first kappa shape index (κ1) is 56.8. The number of allylic oxidation sites excluding steroid dienone is 1. The maximum atomic E-state index is 3.79. The van der Waals surface area contributed by atoms with Gasteiger partial charge < -0.3 is 0 Å². The van der Waals surface area contributed by atoms with Crippen molar-refractivity contribution in [1.29, 1.82) is 0 Å².